The molecule has 4 heteroatoms. The third kappa shape index (κ3) is 3.46. The SMILES string of the molecule is Cc1ccc2c(c1C)=NC(=O)C(CCNC(=O)c1ccc3ccccc3c1)C=2. The fourth-order valence-corrected chi connectivity index (χ4v) is 3.57. The van der Waals surface area contributed by atoms with Crippen molar-refractivity contribution in [3.8, 4) is 0 Å². The number of nitrogens with one attached hydrogen (secondary N) is 1. The standard InChI is InChI=1S/C24H22N2O2/c1-15-7-8-19-14-21(24(28)26-22(19)16(15)2)11-12-25-23(27)20-10-9-17-5-3-4-6-18(17)13-20/h3-10,13-14,21H,11-12H2,1-2H3,(H,25,27). The third-order valence-electron chi connectivity index (χ3n) is 5.41. The second kappa shape index (κ2) is 7.39. The van der Waals surface area contributed by atoms with Gasteiger partial charge in [-0.1, -0.05) is 48.5 Å². The van der Waals surface area contributed by atoms with Crippen LogP contribution < -0.4 is 15.9 Å². The number of carbonyl (C=O) groups is 2. The van der Waals surface area contributed by atoms with Gasteiger partial charge in [-0.15, -0.1) is 0 Å². The molecular weight excluding hydrogens is 348 g/mol. The molecule has 2 amide bonds. The Hall–Kier alpha value is -3.27. The largest absolute Gasteiger partial charge is 0.352 e. The minimum atomic E-state index is -0.300. The van der Waals surface area contributed by atoms with Gasteiger partial charge in [-0.3, -0.25) is 9.59 Å². The molecule has 0 aliphatic carbocycles. The van der Waals surface area contributed by atoms with E-state index in [2.05, 4.69) is 16.4 Å². The Bertz CT molecular complexity index is 1210. The van der Waals surface area contributed by atoms with Gasteiger partial charge in [-0.25, -0.2) is 4.99 Å². The van der Waals surface area contributed by atoms with Crippen molar-refractivity contribution in [1.29, 1.82) is 0 Å². The zero-order valence-electron chi connectivity index (χ0n) is 16.0. The van der Waals surface area contributed by atoms with Gasteiger partial charge in [0.25, 0.3) is 11.8 Å². The van der Waals surface area contributed by atoms with Crippen LogP contribution in [0.1, 0.15) is 27.9 Å². The summed E-state index contributed by atoms with van der Waals surface area (Å²) in [6.45, 7) is 4.43. The van der Waals surface area contributed by atoms with Gasteiger partial charge in [0.05, 0.1) is 11.3 Å². The first kappa shape index (κ1) is 18.1. The van der Waals surface area contributed by atoms with E-state index < -0.39 is 0 Å². The maximum absolute atomic E-state index is 12.5. The molecule has 1 atom stereocenters. The van der Waals surface area contributed by atoms with E-state index in [1.807, 2.05) is 68.5 Å². The van der Waals surface area contributed by atoms with E-state index >= 15 is 0 Å². The molecule has 0 radical (unpaired) electrons. The molecule has 1 heterocycles. The molecule has 0 bridgehead atoms. The fourth-order valence-electron chi connectivity index (χ4n) is 3.57. The van der Waals surface area contributed by atoms with Gasteiger partial charge in [-0.05, 0) is 59.5 Å². The minimum absolute atomic E-state index is 0.127. The smallest absolute Gasteiger partial charge is 0.253 e. The monoisotopic (exact) mass is 370 g/mol. The molecule has 3 aromatic carbocycles. The normalized spacial score (nSPS) is 15.5. The van der Waals surface area contributed by atoms with Crippen molar-refractivity contribution in [1.82, 2.24) is 5.32 Å². The van der Waals surface area contributed by atoms with Gasteiger partial charge >= 0.3 is 0 Å². The summed E-state index contributed by atoms with van der Waals surface area (Å²) in [6, 6.07) is 17.7. The van der Waals surface area contributed by atoms with Gasteiger partial charge < -0.3 is 5.32 Å². The molecule has 0 saturated heterocycles. The molecule has 1 aliphatic rings. The highest BCUT2D eigenvalue weighted by molar-refractivity contribution is 5.98. The van der Waals surface area contributed by atoms with Crippen LogP contribution in [0, 0.1) is 19.8 Å². The zero-order valence-corrected chi connectivity index (χ0v) is 16.0. The van der Waals surface area contributed by atoms with E-state index in [1.165, 1.54) is 0 Å². The lowest BCUT2D eigenvalue weighted by atomic mass is 9.97. The predicted molar refractivity (Wildman–Crippen MR) is 111 cm³/mol. The van der Waals surface area contributed by atoms with E-state index in [4.69, 9.17) is 0 Å². The van der Waals surface area contributed by atoms with Crippen molar-refractivity contribution < 1.29 is 9.59 Å². The summed E-state index contributed by atoms with van der Waals surface area (Å²) in [5, 5.41) is 6.83. The van der Waals surface area contributed by atoms with Crippen LogP contribution in [0.15, 0.2) is 59.6 Å². The highest BCUT2D eigenvalue weighted by atomic mass is 16.2. The second-order valence-electron chi connectivity index (χ2n) is 7.28. The number of hydrogen-bond acceptors (Lipinski definition) is 2. The van der Waals surface area contributed by atoms with E-state index in [1.54, 1.807) is 0 Å². The Labute approximate surface area is 163 Å². The molecule has 1 unspecified atom stereocenters. The third-order valence-corrected chi connectivity index (χ3v) is 5.41. The number of aryl methyl sites for hydroxylation is 1. The van der Waals surface area contributed by atoms with Crippen LogP contribution in [-0.2, 0) is 4.79 Å². The topological polar surface area (TPSA) is 58.5 Å². The van der Waals surface area contributed by atoms with E-state index in [0.717, 1.165) is 32.5 Å². The summed E-state index contributed by atoms with van der Waals surface area (Å²) in [5.74, 6) is -0.564. The lowest BCUT2D eigenvalue weighted by Crippen LogP contribution is -2.37. The Kier molecular flexibility index (Phi) is 4.78. The first-order valence-electron chi connectivity index (χ1n) is 9.50. The van der Waals surface area contributed by atoms with Crippen LogP contribution in [0.3, 0.4) is 0 Å². The molecule has 1 aliphatic heterocycles. The molecule has 0 spiro atoms. The van der Waals surface area contributed by atoms with Crippen LogP contribution in [0.5, 0.6) is 0 Å². The first-order chi connectivity index (χ1) is 13.5. The zero-order chi connectivity index (χ0) is 19.7. The quantitative estimate of drug-likeness (QED) is 0.768. The number of benzene rings is 3. The minimum Gasteiger partial charge on any atom is -0.352 e. The highest BCUT2D eigenvalue weighted by Gasteiger charge is 2.19. The average Bonchev–Trinajstić information content (AvgIpc) is 2.71. The molecule has 4 rings (SSSR count). The predicted octanol–water partition coefficient (Wildman–Crippen LogP) is 2.83. The van der Waals surface area contributed by atoms with Gasteiger partial charge in [0.15, 0.2) is 0 Å². The number of amides is 2. The Morgan fingerprint density at radius 3 is 2.64 bits per heavy atom. The van der Waals surface area contributed by atoms with Crippen molar-refractivity contribution in [2.45, 2.75) is 20.3 Å². The first-order valence-corrected chi connectivity index (χ1v) is 9.50. The summed E-state index contributed by atoms with van der Waals surface area (Å²) >= 11 is 0. The molecule has 28 heavy (non-hydrogen) atoms. The van der Waals surface area contributed by atoms with Crippen LogP contribution in [-0.4, -0.2) is 18.4 Å². The summed E-state index contributed by atoms with van der Waals surface area (Å²) in [5.41, 5.74) is 2.80. The van der Waals surface area contributed by atoms with Crippen LogP contribution >= 0.6 is 0 Å². The molecule has 4 nitrogen and oxygen atoms in total. The van der Waals surface area contributed by atoms with Gasteiger partial charge in [0.2, 0.25) is 0 Å². The molecule has 0 fully saturated rings. The molecule has 1 N–H and O–H groups in total. The van der Waals surface area contributed by atoms with Gasteiger partial charge in [0.1, 0.15) is 0 Å². The van der Waals surface area contributed by atoms with Gasteiger partial charge in [0, 0.05) is 12.1 Å². The Morgan fingerprint density at radius 2 is 1.82 bits per heavy atom. The maximum atomic E-state index is 12.5. The van der Waals surface area contributed by atoms with Crippen LogP contribution in [0.2, 0.25) is 0 Å². The van der Waals surface area contributed by atoms with E-state index in [9.17, 15) is 9.59 Å². The van der Waals surface area contributed by atoms with Crippen molar-refractivity contribution in [3.05, 3.63) is 81.9 Å². The Balaban J connectivity index is 1.44. The summed E-state index contributed by atoms with van der Waals surface area (Å²) in [6.07, 6.45) is 2.51. The summed E-state index contributed by atoms with van der Waals surface area (Å²) < 4.78 is 0. The second-order valence-corrected chi connectivity index (χ2v) is 7.28. The van der Waals surface area contributed by atoms with Crippen molar-refractivity contribution in [3.63, 3.8) is 0 Å². The average molecular weight is 370 g/mol. The number of carbonyl (C=O) groups excluding carboxylic acids is 2. The lowest BCUT2D eigenvalue weighted by Gasteiger charge is -2.14. The van der Waals surface area contributed by atoms with Gasteiger partial charge in [-0.2, -0.15) is 0 Å². The highest BCUT2D eigenvalue weighted by Crippen LogP contribution is 2.16. The molecule has 0 aromatic heterocycles. The number of hydrogen-bond donors (Lipinski definition) is 1. The molecule has 3 aromatic rings. The summed E-state index contributed by atoms with van der Waals surface area (Å²) in [7, 11) is 0. The number of rotatable bonds is 4. The molecular formula is C24H22N2O2. The number of fused-ring (bicyclic) bond motifs is 2. The lowest BCUT2D eigenvalue weighted by molar-refractivity contribution is -0.120. The van der Waals surface area contributed by atoms with Crippen molar-refractivity contribution in [2.24, 2.45) is 10.9 Å². The molecule has 140 valence electrons. The van der Waals surface area contributed by atoms with Crippen LogP contribution in [0.25, 0.3) is 16.8 Å². The van der Waals surface area contributed by atoms with Crippen molar-refractivity contribution >= 4 is 28.7 Å². The van der Waals surface area contributed by atoms with E-state index in [0.29, 0.717) is 18.5 Å². The van der Waals surface area contributed by atoms with Crippen molar-refractivity contribution in [2.75, 3.05) is 6.54 Å². The fraction of sp³-hybridized carbons (Fsp3) is 0.208. The maximum Gasteiger partial charge on any atom is 0.253 e. The number of nitrogens with zero attached hydrogens (tertiary/aromatic N) is 1. The van der Waals surface area contributed by atoms with Crippen LogP contribution in [0.4, 0.5) is 0 Å². The Morgan fingerprint density at radius 1 is 1.04 bits per heavy atom. The summed E-state index contributed by atoms with van der Waals surface area (Å²) in [4.78, 5) is 29.2. The van der Waals surface area contributed by atoms with E-state index in [-0.39, 0.29) is 17.7 Å². The molecule has 0 saturated carbocycles.